The van der Waals surface area contributed by atoms with Gasteiger partial charge in [-0.25, -0.2) is 4.57 Å². The largest absolute Gasteiger partial charge is 0.472 e. The zero-order valence-corrected chi connectivity index (χ0v) is 35.8. The molecule has 10 heteroatoms. The number of rotatable bonds is 40. The Morgan fingerprint density at radius 3 is 1.56 bits per heavy atom. The first kappa shape index (κ1) is 52.7. The van der Waals surface area contributed by atoms with Gasteiger partial charge >= 0.3 is 19.8 Å². The van der Waals surface area contributed by atoms with Gasteiger partial charge in [-0.15, -0.1) is 0 Å². The Kier molecular flexibility index (Phi) is 39.6. The Morgan fingerprint density at radius 2 is 1.04 bits per heavy atom. The summed E-state index contributed by atoms with van der Waals surface area (Å²) in [6.45, 7) is 3.52. The van der Waals surface area contributed by atoms with Crippen molar-refractivity contribution in [1.29, 1.82) is 0 Å². The van der Waals surface area contributed by atoms with Crippen LogP contribution in [-0.2, 0) is 32.7 Å². The highest BCUT2D eigenvalue weighted by atomic mass is 31.2. The highest BCUT2D eigenvalue weighted by Crippen LogP contribution is 2.43. The van der Waals surface area contributed by atoms with Crippen molar-refractivity contribution in [3.63, 3.8) is 0 Å². The van der Waals surface area contributed by atoms with Crippen molar-refractivity contribution in [2.45, 2.75) is 187 Å². The van der Waals surface area contributed by atoms with Crippen LogP contribution in [0.1, 0.15) is 181 Å². The van der Waals surface area contributed by atoms with Crippen molar-refractivity contribution in [3.05, 3.63) is 60.8 Å². The Hall–Kier alpha value is -2.29. The molecule has 0 aromatic carbocycles. The molecule has 55 heavy (non-hydrogen) atoms. The molecule has 0 amide bonds. The maximum absolute atomic E-state index is 12.5. The minimum Gasteiger partial charge on any atom is -0.462 e. The molecule has 0 aliphatic rings. The minimum atomic E-state index is -4.40. The molecule has 0 aromatic rings. The van der Waals surface area contributed by atoms with Gasteiger partial charge in [0.25, 0.3) is 0 Å². The van der Waals surface area contributed by atoms with E-state index in [1.54, 1.807) is 0 Å². The molecule has 3 N–H and O–H groups in total. The SMILES string of the molecule is CC/C=C\C/C=C\C/C=C\C/C=C\CCC(=O)OC(COC(=O)CCCCCCCCCCC/C=C\CCCCCCCCCC)COP(=O)(O)OCCN. The maximum atomic E-state index is 12.5. The van der Waals surface area contributed by atoms with Crippen molar-refractivity contribution < 1.29 is 37.6 Å². The lowest BCUT2D eigenvalue weighted by Gasteiger charge is -2.19. The van der Waals surface area contributed by atoms with Crippen LogP contribution in [-0.4, -0.2) is 49.3 Å². The fraction of sp³-hybridized carbons (Fsp3) is 0.733. The number of carbonyl (C=O) groups excluding carboxylic acids is 2. The average Bonchev–Trinajstić information content (AvgIpc) is 3.17. The minimum absolute atomic E-state index is 0.0405. The van der Waals surface area contributed by atoms with E-state index in [9.17, 15) is 19.0 Å². The molecule has 0 rings (SSSR count). The zero-order valence-electron chi connectivity index (χ0n) is 34.9. The zero-order chi connectivity index (χ0) is 40.3. The van der Waals surface area contributed by atoms with E-state index in [-0.39, 0.29) is 32.6 Å². The molecule has 0 aromatic heterocycles. The molecule has 0 aliphatic heterocycles. The monoisotopic (exact) mass is 794 g/mol. The first-order valence-electron chi connectivity index (χ1n) is 21.8. The number of carbonyl (C=O) groups is 2. The second-order valence-corrected chi connectivity index (χ2v) is 15.6. The number of hydrogen-bond donors (Lipinski definition) is 2. The van der Waals surface area contributed by atoms with E-state index in [0.717, 1.165) is 51.4 Å². The molecule has 0 aliphatic carbocycles. The Labute approximate surface area is 336 Å². The summed E-state index contributed by atoms with van der Waals surface area (Å²) in [5.74, 6) is -0.928. The van der Waals surface area contributed by atoms with E-state index in [1.807, 2.05) is 12.2 Å². The Balaban J connectivity index is 4.16. The number of ether oxygens (including phenoxy) is 2. The summed E-state index contributed by atoms with van der Waals surface area (Å²) >= 11 is 0. The summed E-state index contributed by atoms with van der Waals surface area (Å²) in [4.78, 5) is 34.8. The van der Waals surface area contributed by atoms with Gasteiger partial charge in [0, 0.05) is 19.4 Å². The molecule has 9 nitrogen and oxygen atoms in total. The number of esters is 2. The van der Waals surface area contributed by atoms with Gasteiger partial charge in [-0.2, -0.15) is 0 Å². The molecular weight excluding hydrogens is 713 g/mol. The Bertz CT molecular complexity index is 1090. The molecule has 318 valence electrons. The number of unbranched alkanes of at least 4 members (excludes halogenated alkanes) is 17. The Morgan fingerprint density at radius 1 is 0.564 bits per heavy atom. The molecule has 2 atom stereocenters. The maximum Gasteiger partial charge on any atom is 0.472 e. The van der Waals surface area contributed by atoms with E-state index in [4.69, 9.17) is 24.3 Å². The second-order valence-electron chi connectivity index (χ2n) is 14.2. The van der Waals surface area contributed by atoms with E-state index in [0.29, 0.717) is 6.42 Å². The van der Waals surface area contributed by atoms with Crippen molar-refractivity contribution in [2.24, 2.45) is 5.73 Å². The summed E-state index contributed by atoms with van der Waals surface area (Å²) in [7, 11) is -4.40. The van der Waals surface area contributed by atoms with Gasteiger partial charge in [-0.3, -0.25) is 18.6 Å². The van der Waals surface area contributed by atoms with Crippen LogP contribution in [0.15, 0.2) is 60.8 Å². The summed E-state index contributed by atoms with van der Waals surface area (Å²) in [6.07, 6.45) is 48.5. The number of allylic oxidation sites excluding steroid dienone is 10. The van der Waals surface area contributed by atoms with Crippen LogP contribution >= 0.6 is 7.82 Å². The van der Waals surface area contributed by atoms with E-state index >= 15 is 0 Å². The number of hydrogen-bond acceptors (Lipinski definition) is 8. The van der Waals surface area contributed by atoms with Gasteiger partial charge in [-0.05, 0) is 64.2 Å². The molecule has 0 saturated heterocycles. The number of nitrogens with two attached hydrogens (primary N) is 1. The first-order chi connectivity index (χ1) is 26.8. The molecular formula is C45H80NO8P. The quantitative estimate of drug-likeness (QED) is 0.0269. The third-order valence-corrected chi connectivity index (χ3v) is 9.89. The molecule has 0 spiro atoms. The van der Waals surface area contributed by atoms with Gasteiger partial charge in [0.1, 0.15) is 6.61 Å². The van der Waals surface area contributed by atoms with Crippen molar-refractivity contribution in [1.82, 2.24) is 0 Å². The summed E-state index contributed by atoms with van der Waals surface area (Å²) < 4.78 is 32.6. The van der Waals surface area contributed by atoms with Crippen molar-refractivity contribution >= 4 is 19.8 Å². The highest BCUT2D eigenvalue weighted by Gasteiger charge is 2.25. The normalized spacial score (nSPS) is 13.9. The third kappa shape index (κ3) is 41.2. The van der Waals surface area contributed by atoms with Gasteiger partial charge in [-0.1, -0.05) is 164 Å². The van der Waals surface area contributed by atoms with E-state index in [2.05, 4.69) is 62.5 Å². The molecule has 0 bridgehead atoms. The summed E-state index contributed by atoms with van der Waals surface area (Å²) in [5, 5.41) is 0. The average molecular weight is 794 g/mol. The standard InChI is InChI=1S/C45H80NO8P/c1-3-5-7-9-11-13-15-17-18-19-20-21-22-23-24-26-27-29-31-33-35-37-44(47)51-41-43(42-53-55(49,50)52-40-39-46)54-45(48)38-36-34-32-30-28-25-16-14-12-10-8-6-4-2/h6,8,12,14,19-20,25,28,32,34,43H,3-5,7,9-11,13,15-18,21-24,26-27,29-31,33,35-42,46H2,1-2H3,(H,49,50)/b8-6-,14-12-,20-19-,28-25-,34-32-. The lowest BCUT2D eigenvalue weighted by atomic mass is 10.1. The van der Waals surface area contributed by atoms with Crippen LogP contribution in [0.25, 0.3) is 0 Å². The van der Waals surface area contributed by atoms with Gasteiger partial charge in [0.2, 0.25) is 0 Å². The van der Waals surface area contributed by atoms with Crippen molar-refractivity contribution in [2.75, 3.05) is 26.4 Å². The first-order valence-corrected chi connectivity index (χ1v) is 23.3. The molecule has 2 unspecified atom stereocenters. The van der Waals surface area contributed by atoms with Crippen LogP contribution in [0.5, 0.6) is 0 Å². The molecule has 0 saturated carbocycles. The summed E-state index contributed by atoms with van der Waals surface area (Å²) in [5.41, 5.74) is 5.34. The van der Waals surface area contributed by atoms with Crippen LogP contribution in [0.2, 0.25) is 0 Å². The van der Waals surface area contributed by atoms with Gasteiger partial charge < -0.3 is 20.1 Å². The molecule has 0 radical (unpaired) electrons. The fourth-order valence-electron chi connectivity index (χ4n) is 5.70. The number of phosphoric acid groups is 1. The van der Waals surface area contributed by atoms with E-state index < -0.39 is 32.5 Å². The van der Waals surface area contributed by atoms with Gasteiger partial charge in [0.05, 0.1) is 13.2 Å². The highest BCUT2D eigenvalue weighted by molar-refractivity contribution is 7.47. The van der Waals surface area contributed by atoms with Crippen LogP contribution in [0.4, 0.5) is 0 Å². The van der Waals surface area contributed by atoms with Crippen molar-refractivity contribution in [3.8, 4) is 0 Å². The molecule has 0 fully saturated rings. The molecule has 0 heterocycles. The smallest absolute Gasteiger partial charge is 0.462 e. The predicted molar refractivity (Wildman–Crippen MR) is 229 cm³/mol. The summed E-state index contributed by atoms with van der Waals surface area (Å²) in [6, 6.07) is 0. The third-order valence-electron chi connectivity index (χ3n) is 8.90. The van der Waals surface area contributed by atoms with Crippen LogP contribution in [0.3, 0.4) is 0 Å². The second kappa shape index (κ2) is 41.3. The number of phosphoric ester groups is 1. The predicted octanol–water partition coefficient (Wildman–Crippen LogP) is 12.5. The lowest BCUT2D eigenvalue weighted by Crippen LogP contribution is -2.29. The fourth-order valence-corrected chi connectivity index (χ4v) is 6.47. The topological polar surface area (TPSA) is 134 Å². The lowest BCUT2D eigenvalue weighted by molar-refractivity contribution is -0.161. The van der Waals surface area contributed by atoms with Crippen LogP contribution in [0, 0.1) is 0 Å². The van der Waals surface area contributed by atoms with E-state index in [1.165, 1.54) is 96.3 Å². The van der Waals surface area contributed by atoms with Gasteiger partial charge in [0.15, 0.2) is 6.10 Å². The van der Waals surface area contributed by atoms with Crippen LogP contribution < -0.4 is 5.73 Å².